The maximum Gasteiger partial charge on any atom is 0.133 e. The van der Waals surface area contributed by atoms with Crippen molar-refractivity contribution in [3.8, 4) is 23.7 Å². The third-order valence-electron chi connectivity index (χ3n) is 2.68. The third kappa shape index (κ3) is 33.5. The number of alkyl halides is 1. The van der Waals surface area contributed by atoms with E-state index in [9.17, 15) is 9.59 Å². The van der Waals surface area contributed by atoms with Gasteiger partial charge in [0.05, 0.1) is 0 Å². The molecule has 0 rings (SSSR count). The van der Waals surface area contributed by atoms with E-state index in [2.05, 4.69) is 46.3 Å². The smallest absolute Gasteiger partial charge is 0.133 e. The Labute approximate surface area is 177 Å². The van der Waals surface area contributed by atoms with Crippen LogP contribution in [0, 0.1) is 35.5 Å². The molecule has 0 heterocycles. The van der Waals surface area contributed by atoms with Gasteiger partial charge in [-0.3, -0.25) is 9.59 Å². The summed E-state index contributed by atoms with van der Waals surface area (Å²) in [6.07, 6.45) is 2.57. The van der Waals surface area contributed by atoms with Crippen molar-refractivity contribution in [2.45, 2.75) is 67.7 Å². The molecule has 0 aliphatic carbocycles. The number of carbonyl (C=O) groups is 2. The zero-order valence-corrected chi connectivity index (χ0v) is 20.3. The highest BCUT2D eigenvalue weighted by atomic mass is 127. The average Bonchev–Trinajstić information content (AvgIpc) is 2.48. The molecule has 0 radical (unpaired) electrons. The van der Waals surface area contributed by atoms with Crippen LogP contribution in [-0.4, -0.2) is 16.0 Å². The van der Waals surface area contributed by atoms with Crippen molar-refractivity contribution < 1.29 is 9.59 Å². The molecule has 2 atom stereocenters. The molecule has 0 aromatic rings. The van der Waals surface area contributed by atoms with E-state index in [0.717, 1.165) is 17.3 Å². The molecule has 0 aromatic carbocycles. The van der Waals surface area contributed by atoms with Crippen molar-refractivity contribution in [1.82, 2.24) is 0 Å². The molecule has 0 spiro atoms. The van der Waals surface area contributed by atoms with Gasteiger partial charge in [0, 0.05) is 35.5 Å². The van der Waals surface area contributed by atoms with Gasteiger partial charge in [-0.05, 0) is 20.8 Å². The fraction of sp³-hybridized carbons (Fsp3) is 0.684. The Morgan fingerprint density at radius 2 is 1.29 bits per heavy atom. The summed E-state index contributed by atoms with van der Waals surface area (Å²) >= 11 is 2.21. The van der Waals surface area contributed by atoms with Gasteiger partial charge in [-0.25, -0.2) is 0 Å². The molecular formula is C19H35IO2S2. The lowest BCUT2D eigenvalue weighted by Gasteiger charge is -1.98. The van der Waals surface area contributed by atoms with E-state index in [1.807, 2.05) is 34.6 Å². The van der Waals surface area contributed by atoms with Crippen LogP contribution in [0.1, 0.15) is 67.7 Å². The Bertz CT molecular complexity index is 415. The van der Waals surface area contributed by atoms with Crippen LogP contribution in [-0.2, 0) is 9.59 Å². The highest BCUT2D eigenvalue weighted by Gasteiger charge is 2.03. The minimum atomic E-state index is 0. The Morgan fingerprint density at radius 1 is 0.875 bits per heavy atom. The fourth-order valence-electron chi connectivity index (χ4n) is 0.779. The van der Waals surface area contributed by atoms with Crippen LogP contribution in [0.2, 0.25) is 0 Å². The first-order chi connectivity index (χ1) is 10.3. The maximum absolute atomic E-state index is 10.7. The Hall–Kier alpha value is -0.110. The van der Waals surface area contributed by atoms with Crippen molar-refractivity contribution in [2.24, 2.45) is 11.8 Å². The lowest BCUT2D eigenvalue weighted by atomic mass is 10.0. The molecule has 5 heteroatoms. The summed E-state index contributed by atoms with van der Waals surface area (Å²) < 4.78 is 0.938. The number of carbonyl (C=O) groups excluding carboxylic acids is 2. The molecule has 142 valence electrons. The normalized spacial score (nSPS) is 9.83. The third-order valence-corrected chi connectivity index (χ3v) is 4.00. The van der Waals surface area contributed by atoms with Crippen LogP contribution in [0.4, 0.5) is 0 Å². The van der Waals surface area contributed by atoms with E-state index in [-0.39, 0.29) is 50.4 Å². The van der Waals surface area contributed by atoms with Crippen LogP contribution in [0.25, 0.3) is 0 Å². The Balaban J connectivity index is -0.0000000764. The maximum atomic E-state index is 10.7. The zero-order valence-electron chi connectivity index (χ0n) is 16.2. The number of hydrogen-bond donors (Lipinski definition) is 0. The first-order valence-corrected chi connectivity index (χ1v) is 9.22. The number of hydrogen-bond acceptors (Lipinski definition) is 2. The van der Waals surface area contributed by atoms with Crippen LogP contribution in [0.15, 0.2) is 0 Å². The molecule has 0 aliphatic rings. The van der Waals surface area contributed by atoms with E-state index in [1.54, 1.807) is 13.8 Å². The highest BCUT2D eigenvalue weighted by molar-refractivity contribution is 14.1. The molecule has 0 saturated carbocycles. The number of halogens is 1. The minimum Gasteiger partial charge on any atom is -0.300 e. The molecule has 0 fully saturated rings. The quantitative estimate of drug-likeness (QED) is 0.307. The first kappa shape index (κ1) is 35.1. The summed E-state index contributed by atoms with van der Waals surface area (Å²) in [7, 11) is 0. The summed E-state index contributed by atoms with van der Waals surface area (Å²) in [5.74, 6) is 12.4. The van der Waals surface area contributed by atoms with Gasteiger partial charge in [0.25, 0.3) is 0 Å². The molecule has 0 amide bonds. The number of Topliss-reactive ketones (excluding diaryl/α,β-unsaturated/α-hetero) is 2. The molecule has 0 bridgehead atoms. The lowest BCUT2D eigenvalue weighted by molar-refractivity contribution is -0.120. The van der Waals surface area contributed by atoms with E-state index in [4.69, 9.17) is 0 Å². The second-order valence-electron chi connectivity index (χ2n) is 4.87. The monoisotopic (exact) mass is 486 g/mol. The van der Waals surface area contributed by atoms with Crippen molar-refractivity contribution in [1.29, 1.82) is 0 Å². The van der Waals surface area contributed by atoms with Crippen LogP contribution < -0.4 is 0 Å². The summed E-state index contributed by atoms with van der Waals surface area (Å²) in [6.45, 7) is 13.0. The topological polar surface area (TPSA) is 34.1 Å². The molecule has 0 aromatic heterocycles. The van der Waals surface area contributed by atoms with Gasteiger partial charge in [0.15, 0.2) is 0 Å². The van der Waals surface area contributed by atoms with E-state index < -0.39 is 0 Å². The van der Waals surface area contributed by atoms with Crippen molar-refractivity contribution in [3.05, 3.63) is 0 Å². The Kier molecular flexibility index (Phi) is 40.5. The van der Waals surface area contributed by atoms with Crippen LogP contribution in [0.3, 0.4) is 0 Å². The highest BCUT2D eigenvalue weighted by Crippen LogP contribution is 2.00. The first-order valence-electron chi connectivity index (χ1n) is 7.70. The molecule has 2 nitrogen and oxygen atoms in total. The SMILES string of the molecule is CC#CCC.CC(=O)[C@@H](C)CI.CCC#CC[C@H](C)C(C)=O.S.S. The predicted molar refractivity (Wildman–Crippen MR) is 126 cm³/mol. The predicted octanol–water partition coefficient (Wildman–Crippen LogP) is 5.31. The van der Waals surface area contributed by atoms with Gasteiger partial charge in [0.1, 0.15) is 11.6 Å². The Morgan fingerprint density at radius 3 is 1.46 bits per heavy atom. The summed E-state index contributed by atoms with van der Waals surface area (Å²) in [5, 5.41) is 0. The van der Waals surface area contributed by atoms with Gasteiger partial charge in [0.2, 0.25) is 0 Å². The number of ketones is 2. The molecule has 24 heavy (non-hydrogen) atoms. The van der Waals surface area contributed by atoms with Gasteiger partial charge < -0.3 is 0 Å². The summed E-state index contributed by atoms with van der Waals surface area (Å²) in [4.78, 5) is 21.0. The van der Waals surface area contributed by atoms with Crippen LogP contribution in [0.5, 0.6) is 0 Å². The van der Waals surface area contributed by atoms with E-state index >= 15 is 0 Å². The van der Waals surface area contributed by atoms with Gasteiger partial charge in [-0.15, -0.1) is 23.7 Å². The minimum absolute atomic E-state index is 0. The lowest BCUT2D eigenvalue weighted by Crippen LogP contribution is -2.06. The standard InChI is InChI=1S/C9H14O.C5H9IO.C5H8.2H2S/c1-4-5-6-7-8(2)9(3)10;1-4(3-6)5(2)7;1-3-5-4-2;;/h8H,4,7H2,1-3H3;4H,3H2,1-2H3;3H2,1-2H3;2*1H2/t8-;4-;;;/m00.../s1. The zero-order chi connectivity index (χ0) is 18.0. The van der Waals surface area contributed by atoms with Crippen molar-refractivity contribution in [2.75, 3.05) is 4.43 Å². The van der Waals surface area contributed by atoms with Gasteiger partial charge in [-0.2, -0.15) is 27.0 Å². The van der Waals surface area contributed by atoms with E-state index in [0.29, 0.717) is 6.42 Å². The molecule has 0 unspecified atom stereocenters. The second kappa shape index (κ2) is 27.7. The van der Waals surface area contributed by atoms with Crippen molar-refractivity contribution in [3.63, 3.8) is 0 Å². The second-order valence-corrected chi connectivity index (χ2v) is 5.75. The largest absolute Gasteiger partial charge is 0.300 e. The fourth-order valence-corrected chi connectivity index (χ4v) is 1.40. The summed E-state index contributed by atoms with van der Waals surface area (Å²) in [5.41, 5.74) is 0. The molecular weight excluding hydrogens is 451 g/mol. The van der Waals surface area contributed by atoms with Crippen molar-refractivity contribution >= 4 is 61.1 Å². The molecule has 0 saturated heterocycles. The molecule has 0 aliphatic heterocycles. The average molecular weight is 487 g/mol. The summed E-state index contributed by atoms with van der Waals surface area (Å²) in [6, 6.07) is 0. The van der Waals surface area contributed by atoms with Crippen LogP contribution >= 0.6 is 49.6 Å². The number of rotatable bonds is 4. The van der Waals surface area contributed by atoms with Gasteiger partial charge in [-0.1, -0.05) is 50.3 Å². The van der Waals surface area contributed by atoms with E-state index in [1.165, 1.54) is 0 Å². The van der Waals surface area contributed by atoms with Gasteiger partial charge >= 0.3 is 0 Å². The molecule has 0 N–H and O–H groups in total.